The normalized spacial score (nSPS) is 17.9. The van der Waals surface area contributed by atoms with Crippen molar-refractivity contribution in [2.24, 2.45) is 11.8 Å². The van der Waals surface area contributed by atoms with Crippen LogP contribution in [-0.2, 0) is 19.0 Å². The highest BCUT2D eigenvalue weighted by molar-refractivity contribution is 5.69. The molecule has 1 aliphatic carbocycles. The van der Waals surface area contributed by atoms with Crippen molar-refractivity contribution in [3.05, 3.63) is 37.3 Å². The van der Waals surface area contributed by atoms with E-state index in [2.05, 4.69) is 33.6 Å². The van der Waals surface area contributed by atoms with Crippen LogP contribution in [0.15, 0.2) is 37.3 Å². The molecule has 1 atom stereocenters. The molecule has 0 spiro atoms. The zero-order valence-corrected chi connectivity index (χ0v) is 25.1. The molecule has 4 nitrogen and oxygen atoms in total. The number of hydrogen-bond acceptors (Lipinski definition) is 4. The second kappa shape index (κ2) is 23.2. The molecule has 1 fully saturated rings. The van der Waals surface area contributed by atoms with E-state index in [0.29, 0.717) is 32.5 Å². The maximum Gasteiger partial charge on any atom is 0.306 e. The smallest absolute Gasteiger partial charge is 0.306 e. The fourth-order valence-electron chi connectivity index (χ4n) is 5.39. The third kappa shape index (κ3) is 18.5. The first-order valence-electron chi connectivity index (χ1n) is 15.9. The standard InChI is InChI=1S/C34H60O4/c1-6-9-11-13-15-17-24-36-29(4)26-32(28-34(35)37-25-18-16-14-12-10-7-2)27-30(5)38-33-22-20-31(19-8-3)21-23-33/h8,31-33H,3-7,9-28H2,1-2H3. The number of carbonyl (C=O) groups is 1. The molecule has 220 valence electrons. The molecule has 0 aromatic heterocycles. The van der Waals surface area contributed by atoms with Gasteiger partial charge in [0.15, 0.2) is 0 Å². The number of hydrogen-bond donors (Lipinski definition) is 0. The van der Waals surface area contributed by atoms with E-state index in [4.69, 9.17) is 14.2 Å². The zero-order valence-electron chi connectivity index (χ0n) is 25.1. The summed E-state index contributed by atoms with van der Waals surface area (Å²) >= 11 is 0. The molecular weight excluding hydrogens is 472 g/mol. The van der Waals surface area contributed by atoms with Crippen LogP contribution in [0.5, 0.6) is 0 Å². The topological polar surface area (TPSA) is 44.8 Å². The number of allylic oxidation sites excluding steroid dienone is 3. The molecule has 0 aromatic rings. The Hall–Kier alpha value is -1.71. The van der Waals surface area contributed by atoms with Crippen molar-refractivity contribution in [2.75, 3.05) is 13.2 Å². The van der Waals surface area contributed by atoms with Gasteiger partial charge in [-0.3, -0.25) is 4.79 Å². The number of carbonyl (C=O) groups excluding carboxylic acids is 1. The van der Waals surface area contributed by atoms with Crippen molar-refractivity contribution in [3.8, 4) is 0 Å². The summed E-state index contributed by atoms with van der Waals surface area (Å²) < 4.78 is 17.8. The molecule has 0 aromatic carbocycles. The lowest BCUT2D eigenvalue weighted by Crippen LogP contribution is -2.22. The minimum atomic E-state index is -0.134. The van der Waals surface area contributed by atoms with E-state index in [1.165, 1.54) is 70.6 Å². The second-order valence-corrected chi connectivity index (χ2v) is 11.4. The number of esters is 1. The van der Waals surface area contributed by atoms with Gasteiger partial charge in [-0.25, -0.2) is 0 Å². The van der Waals surface area contributed by atoms with E-state index < -0.39 is 0 Å². The van der Waals surface area contributed by atoms with Crippen LogP contribution in [0.2, 0.25) is 0 Å². The molecule has 1 rings (SSSR count). The lowest BCUT2D eigenvalue weighted by atomic mass is 9.85. The van der Waals surface area contributed by atoms with Gasteiger partial charge in [0, 0.05) is 19.3 Å². The van der Waals surface area contributed by atoms with E-state index in [-0.39, 0.29) is 18.0 Å². The summed E-state index contributed by atoms with van der Waals surface area (Å²) in [5.74, 6) is 2.17. The van der Waals surface area contributed by atoms with Gasteiger partial charge in [-0.15, -0.1) is 6.58 Å². The molecule has 0 saturated heterocycles. The van der Waals surface area contributed by atoms with E-state index in [0.717, 1.165) is 56.0 Å². The maximum atomic E-state index is 12.7. The fourth-order valence-corrected chi connectivity index (χ4v) is 5.39. The van der Waals surface area contributed by atoms with Crippen molar-refractivity contribution in [2.45, 2.75) is 148 Å². The maximum absolute atomic E-state index is 12.7. The van der Waals surface area contributed by atoms with Gasteiger partial charge < -0.3 is 14.2 Å². The Morgan fingerprint density at radius 3 is 1.84 bits per heavy atom. The molecule has 0 radical (unpaired) electrons. The molecule has 4 heteroatoms. The van der Waals surface area contributed by atoms with Gasteiger partial charge in [-0.05, 0) is 56.8 Å². The zero-order chi connectivity index (χ0) is 27.8. The van der Waals surface area contributed by atoms with Crippen LogP contribution in [0, 0.1) is 11.8 Å². The van der Waals surface area contributed by atoms with E-state index in [1.807, 2.05) is 6.08 Å². The SMILES string of the molecule is C=CCC1CCC(OC(=C)CC(CC(=C)OCCCCCCCC)CC(=O)OCCCCCCCC)CC1. The molecular formula is C34H60O4. The van der Waals surface area contributed by atoms with Gasteiger partial charge in [-0.1, -0.05) is 97.3 Å². The molecule has 0 aliphatic heterocycles. The highest BCUT2D eigenvalue weighted by atomic mass is 16.5. The Labute approximate surface area is 235 Å². The Balaban J connectivity index is 2.46. The van der Waals surface area contributed by atoms with E-state index in [1.54, 1.807) is 0 Å². The Kier molecular flexibility index (Phi) is 21.0. The third-order valence-corrected chi connectivity index (χ3v) is 7.68. The van der Waals surface area contributed by atoms with Gasteiger partial charge in [-0.2, -0.15) is 0 Å². The Morgan fingerprint density at radius 2 is 1.26 bits per heavy atom. The first-order valence-corrected chi connectivity index (χ1v) is 15.9. The van der Waals surface area contributed by atoms with Crippen LogP contribution in [0.25, 0.3) is 0 Å². The summed E-state index contributed by atoms with van der Waals surface area (Å²) in [5.41, 5.74) is 0. The highest BCUT2D eigenvalue weighted by Crippen LogP contribution is 2.31. The van der Waals surface area contributed by atoms with Gasteiger partial charge in [0.2, 0.25) is 0 Å². The molecule has 0 heterocycles. The summed E-state index contributed by atoms with van der Waals surface area (Å²) in [4.78, 5) is 12.7. The van der Waals surface area contributed by atoms with Crippen molar-refractivity contribution in [1.82, 2.24) is 0 Å². The van der Waals surface area contributed by atoms with Gasteiger partial charge >= 0.3 is 5.97 Å². The monoisotopic (exact) mass is 532 g/mol. The molecule has 1 aliphatic rings. The molecule has 0 N–H and O–H groups in total. The first-order chi connectivity index (χ1) is 18.5. The quantitative estimate of drug-likeness (QED) is 0.0508. The minimum Gasteiger partial charge on any atom is -0.499 e. The first kappa shape index (κ1) is 34.3. The van der Waals surface area contributed by atoms with Gasteiger partial charge in [0.1, 0.15) is 0 Å². The van der Waals surface area contributed by atoms with Crippen molar-refractivity contribution in [1.29, 1.82) is 0 Å². The fraction of sp³-hybridized carbons (Fsp3) is 0.794. The lowest BCUT2D eigenvalue weighted by molar-refractivity contribution is -0.145. The van der Waals surface area contributed by atoms with Gasteiger partial charge in [0.25, 0.3) is 0 Å². The van der Waals surface area contributed by atoms with Crippen LogP contribution in [0.4, 0.5) is 0 Å². The van der Waals surface area contributed by atoms with Crippen LogP contribution >= 0.6 is 0 Å². The summed E-state index contributed by atoms with van der Waals surface area (Å²) in [7, 11) is 0. The lowest BCUT2D eigenvalue weighted by Gasteiger charge is -2.30. The summed E-state index contributed by atoms with van der Waals surface area (Å²) in [6, 6.07) is 0. The van der Waals surface area contributed by atoms with Gasteiger partial charge in [0.05, 0.1) is 30.8 Å². The average molecular weight is 533 g/mol. The minimum absolute atomic E-state index is 0.0358. The molecule has 0 bridgehead atoms. The van der Waals surface area contributed by atoms with Crippen molar-refractivity contribution < 1.29 is 19.0 Å². The molecule has 1 unspecified atom stereocenters. The van der Waals surface area contributed by atoms with Crippen LogP contribution in [0.3, 0.4) is 0 Å². The van der Waals surface area contributed by atoms with Crippen molar-refractivity contribution >= 4 is 5.97 Å². The third-order valence-electron chi connectivity index (χ3n) is 7.68. The summed E-state index contributed by atoms with van der Waals surface area (Å²) in [6.07, 6.45) is 24.0. The summed E-state index contributed by atoms with van der Waals surface area (Å²) in [6.45, 7) is 17.9. The number of unbranched alkanes of at least 4 members (excludes halogenated alkanes) is 10. The Bertz CT molecular complexity index is 600. The molecule has 0 amide bonds. The predicted molar refractivity (Wildman–Crippen MR) is 161 cm³/mol. The predicted octanol–water partition coefficient (Wildman–Crippen LogP) is 10.2. The van der Waals surface area contributed by atoms with E-state index >= 15 is 0 Å². The van der Waals surface area contributed by atoms with Crippen molar-refractivity contribution in [3.63, 3.8) is 0 Å². The number of ether oxygens (including phenoxy) is 3. The van der Waals surface area contributed by atoms with E-state index in [9.17, 15) is 4.79 Å². The average Bonchev–Trinajstić information content (AvgIpc) is 2.89. The number of rotatable bonds is 25. The molecule has 38 heavy (non-hydrogen) atoms. The summed E-state index contributed by atoms with van der Waals surface area (Å²) in [5, 5.41) is 0. The largest absolute Gasteiger partial charge is 0.499 e. The van der Waals surface area contributed by atoms with Crippen LogP contribution in [-0.4, -0.2) is 25.3 Å². The van der Waals surface area contributed by atoms with Crippen LogP contribution < -0.4 is 0 Å². The molecule has 1 saturated carbocycles. The van der Waals surface area contributed by atoms with Crippen LogP contribution in [0.1, 0.15) is 142 Å². The Morgan fingerprint density at radius 1 is 0.737 bits per heavy atom. The highest BCUT2D eigenvalue weighted by Gasteiger charge is 2.24. The second-order valence-electron chi connectivity index (χ2n) is 11.4.